The molecule has 0 bridgehead atoms. The monoisotopic (exact) mass is 354 g/mol. The Morgan fingerprint density at radius 2 is 1.63 bits per heavy atom. The van der Waals surface area contributed by atoms with E-state index in [9.17, 15) is 4.79 Å². The van der Waals surface area contributed by atoms with E-state index in [2.05, 4.69) is 20.5 Å². The van der Waals surface area contributed by atoms with Crippen molar-refractivity contribution in [3.05, 3.63) is 106 Å². The molecule has 0 saturated carbocycles. The lowest BCUT2D eigenvalue weighted by atomic mass is 10.1. The average Bonchev–Trinajstić information content (AvgIpc) is 2.70. The molecule has 5 heteroatoms. The molecule has 4 rings (SSSR count). The van der Waals surface area contributed by atoms with Crippen molar-refractivity contribution in [1.29, 1.82) is 0 Å². The van der Waals surface area contributed by atoms with Crippen LogP contribution in [-0.4, -0.2) is 15.7 Å². The Kier molecular flexibility index (Phi) is 4.49. The summed E-state index contributed by atoms with van der Waals surface area (Å²) in [5.74, 6) is 0. The van der Waals surface area contributed by atoms with E-state index < -0.39 is 0 Å². The Bertz CT molecular complexity index is 1160. The molecule has 0 fully saturated rings. The van der Waals surface area contributed by atoms with E-state index in [0.717, 1.165) is 11.3 Å². The maximum atomic E-state index is 12.7. The number of hydrogen-bond donors (Lipinski definition) is 2. The highest BCUT2D eigenvalue weighted by Gasteiger charge is 2.14. The number of H-pyrrole nitrogens is 1. The number of hydrazone groups is 1. The van der Waals surface area contributed by atoms with Gasteiger partial charge in [-0.3, -0.25) is 10.2 Å². The van der Waals surface area contributed by atoms with Crippen LogP contribution in [-0.2, 0) is 0 Å². The Morgan fingerprint density at radius 1 is 0.926 bits per heavy atom. The highest BCUT2D eigenvalue weighted by atomic mass is 16.1. The molecular formula is C22H18N4O. The SMILES string of the molecule is Cc1ccc(N/N=C(\c2ccccc2)c2nc3ccccc3[nH]c2=O)cc1. The van der Waals surface area contributed by atoms with Crippen molar-refractivity contribution in [3.63, 3.8) is 0 Å². The van der Waals surface area contributed by atoms with Gasteiger partial charge in [-0.15, -0.1) is 0 Å². The quantitative estimate of drug-likeness (QED) is 0.428. The van der Waals surface area contributed by atoms with Crippen LogP contribution in [0.1, 0.15) is 16.8 Å². The molecule has 0 saturated heterocycles. The summed E-state index contributed by atoms with van der Waals surface area (Å²) in [6, 6.07) is 24.9. The van der Waals surface area contributed by atoms with Gasteiger partial charge in [0.2, 0.25) is 0 Å². The van der Waals surface area contributed by atoms with Crippen LogP contribution in [0.5, 0.6) is 0 Å². The topological polar surface area (TPSA) is 70.1 Å². The standard InChI is InChI=1S/C22H18N4O/c1-15-11-13-17(14-12-15)25-26-20(16-7-3-2-4-8-16)21-22(27)24-19-10-6-5-9-18(19)23-21/h2-14,25H,1H3,(H,24,27)/b26-20+. The van der Waals surface area contributed by atoms with Gasteiger partial charge in [-0.05, 0) is 31.2 Å². The van der Waals surface area contributed by atoms with Crippen LogP contribution in [0.2, 0.25) is 0 Å². The van der Waals surface area contributed by atoms with Gasteiger partial charge in [0, 0.05) is 5.56 Å². The first-order valence-electron chi connectivity index (χ1n) is 8.66. The first-order valence-corrected chi connectivity index (χ1v) is 8.66. The van der Waals surface area contributed by atoms with Crippen LogP contribution in [0.4, 0.5) is 5.69 Å². The number of nitrogens with one attached hydrogen (secondary N) is 2. The second-order valence-electron chi connectivity index (χ2n) is 6.24. The van der Waals surface area contributed by atoms with Gasteiger partial charge in [-0.1, -0.05) is 60.2 Å². The van der Waals surface area contributed by atoms with Crippen molar-refractivity contribution in [3.8, 4) is 0 Å². The zero-order valence-corrected chi connectivity index (χ0v) is 14.8. The largest absolute Gasteiger partial charge is 0.319 e. The lowest BCUT2D eigenvalue weighted by Gasteiger charge is -2.08. The molecule has 0 atom stereocenters. The summed E-state index contributed by atoms with van der Waals surface area (Å²) in [4.78, 5) is 20.1. The van der Waals surface area contributed by atoms with Crippen LogP contribution in [0.15, 0.2) is 88.8 Å². The fourth-order valence-corrected chi connectivity index (χ4v) is 2.79. The van der Waals surface area contributed by atoms with Crippen LogP contribution in [0, 0.1) is 6.92 Å². The van der Waals surface area contributed by atoms with Crippen LogP contribution in [0.25, 0.3) is 11.0 Å². The molecule has 2 N–H and O–H groups in total. The first-order chi connectivity index (χ1) is 13.2. The number of nitrogens with zero attached hydrogens (tertiary/aromatic N) is 2. The summed E-state index contributed by atoms with van der Waals surface area (Å²) in [5.41, 5.74) is 7.76. The highest BCUT2D eigenvalue weighted by molar-refractivity contribution is 6.12. The third-order valence-electron chi connectivity index (χ3n) is 4.22. The van der Waals surface area contributed by atoms with Crippen molar-refractivity contribution in [2.75, 3.05) is 5.43 Å². The maximum Gasteiger partial charge on any atom is 0.276 e. The van der Waals surface area contributed by atoms with Crippen LogP contribution < -0.4 is 11.0 Å². The predicted octanol–water partition coefficient (Wildman–Crippen LogP) is 4.10. The van der Waals surface area contributed by atoms with Crippen molar-refractivity contribution >= 4 is 22.4 Å². The number of aromatic amines is 1. The Morgan fingerprint density at radius 3 is 2.41 bits per heavy atom. The fourth-order valence-electron chi connectivity index (χ4n) is 2.79. The molecule has 0 aliphatic carbocycles. The third kappa shape index (κ3) is 3.62. The molecular weight excluding hydrogens is 336 g/mol. The van der Waals surface area contributed by atoms with Crippen molar-refractivity contribution in [2.24, 2.45) is 5.10 Å². The number of hydrogen-bond acceptors (Lipinski definition) is 4. The Labute approximate surface area is 156 Å². The van der Waals surface area contributed by atoms with E-state index in [-0.39, 0.29) is 11.3 Å². The smallest absolute Gasteiger partial charge is 0.276 e. The number of benzene rings is 3. The summed E-state index contributed by atoms with van der Waals surface area (Å²) in [6.45, 7) is 2.03. The molecule has 0 aliphatic heterocycles. The third-order valence-corrected chi connectivity index (χ3v) is 4.22. The van der Waals surface area contributed by atoms with E-state index in [0.29, 0.717) is 16.7 Å². The first kappa shape index (κ1) is 16.7. The fraction of sp³-hybridized carbons (Fsp3) is 0.0455. The second-order valence-corrected chi connectivity index (χ2v) is 6.24. The lowest BCUT2D eigenvalue weighted by Crippen LogP contribution is -2.22. The molecule has 27 heavy (non-hydrogen) atoms. The highest BCUT2D eigenvalue weighted by Crippen LogP contribution is 2.13. The summed E-state index contributed by atoms with van der Waals surface area (Å²) in [5, 5.41) is 4.52. The number of aromatic nitrogens is 2. The molecule has 0 radical (unpaired) electrons. The van der Waals surface area contributed by atoms with E-state index in [1.807, 2.05) is 85.8 Å². The molecule has 0 amide bonds. The molecule has 0 aliphatic rings. The van der Waals surface area contributed by atoms with Gasteiger partial charge in [0.1, 0.15) is 5.71 Å². The Balaban J connectivity index is 1.83. The minimum absolute atomic E-state index is 0.276. The maximum absolute atomic E-state index is 12.7. The van der Waals surface area contributed by atoms with Crippen LogP contribution >= 0.6 is 0 Å². The normalized spacial score (nSPS) is 11.5. The molecule has 3 aromatic carbocycles. The number of anilines is 1. The van der Waals surface area contributed by atoms with Crippen LogP contribution in [0.3, 0.4) is 0 Å². The molecule has 4 aromatic rings. The van der Waals surface area contributed by atoms with Crippen molar-refractivity contribution in [2.45, 2.75) is 6.92 Å². The summed E-state index contributed by atoms with van der Waals surface area (Å²) in [6.07, 6.45) is 0. The van der Waals surface area contributed by atoms with Gasteiger partial charge < -0.3 is 4.98 Å². The van der Waals surface area contributed by atoms with E-state index in [1.165, 1.54) is 5.56 Å². The van der Waals surface area contributed by atoms with Gasteiger partial charge in [-0.25, -0.2) is 4.98 Å². The van der Waals surface area contributed by atoms with E-state index >= 15 is 0 Å². The Hall–Kier alpha value is -3.73. The van der Waals surface area contributed by atoms with Gasteiger partial charge >= 0.3 is 0 Å². The molecule has 1 aromatic heterocycles. The molecule has 0 spiro atoms. The summed E-state index contributed by atoms with van der Waals surface area (Å²) < 4.78 is 0. The average molecular weight is 354 g/mol. The number of rotatable bonds is 4. The van der Waals surface area contributed by atoms with Gasteiger partial charge in [0.05, 0.1) is 16.7 Å². The minimum atomic E-state index is -0.276. The summed E-state index contributed by atoms with van der Waals surface area (Å²) in [7, 11) is 0. The molecule has 0 unspecified atom stereocenters. The van der Waals surface area contributed by atoms with E-state index in [4.69, 9.17) is 0 Å². The molecule has 5 nitrogen and oxygen atoms in total. The lowest BCUT2D eigenvalue weighted by molar-refractivity contribution is 1.18. The van der Waals surface area contributed by atoms with E-state index in [1.54, 1.807) is 0 Å². The van der Waals surface area contributed by atoms with Gasteiger partial charge in [-0.2, -0.15) is 5.10 Å². The van der Waals surface area contributed by atoms with Gasteiger partial charge in [0.25, 0.3) is 5.56 Å². The number of fused-ring (bicyclic) bond motifs is 1. The number of para-hydroxylation sites is 2. The number of aryl methyl sites for hydroxylation is 1. The zero-order chi connectivity index (χ0) is 18.6. The summed E-state index contributed by atoms with van der Waals surface area (Å²) >= 11 is 0. The van der Waals surface area contributed by atoms with Crippen molar-refractivity contribution in [1.82, 2.24) is 9.97 Å². The minimum Gasteiger partial charge on any atom is -0.319 e. The van der Waals surface area contributed by atoms with Crippen molar-refractivity contribution < 1.29 is 0 Å². The second kappa shape index (κ2) is 7.25. The zero-order valence-electron chi connectivity index (χ0n) is 14.8. The molecule has 132 valence electrons. The van der Waals surface area contributed by atoms with Gasteiger partial charge in [0.15, 0.2) is 5.69 Å². The predicted molar refractivity (Wildman–Crippen MR) is 109 cm³/mol. The molecule has 1 heterocycles.